The van der Waals surface area contributed by atoms with Gasteiger partial charge in [0.1, 0.15) is 12.7 Å². The van der Waals surface area contributed by atoms with E-state index in [2.05, 4.69) is 10.1 Å². The Morgan fingerprint density at radius 2 is 1.91 bits per heavy atom. The second-order valence-corrected chi connectivity index (χ2v) is 5.28. The first-order valence-electron chi connectivity index (χ1n) is 7.12. The van der Waals surface area contributed by atoms with Crippen LogP contribution in [-0.4, -0.2) is 49.7 Å². The highest BCUT2D eigenvalue weighted by Crippen LogP contribution is 2.22. The van der Waals surface area contributed by atoms with Gasteiger partial charge in [0, 0.05) is 18.7 Å². The summed E-state index contributed by atoms with van der Waals surface area (Å²) in [6, 6.07) is 6.42. The molecule has 1 aliphatic heterocycles. The average Bonchev–Trinajstić information content (AvgIpc) is 3.09. The van der Waals surface area contributed by atoms with Crippen molar-refractivity contribution >= 4 is 11.9 Å². The third kappa shape index (κ3) is 2.83. The number of carboxylic acid groups (broad SMARTS) is 1. The van der Waals surface area contributed by atoms with Crippen molar-refractivity contribution < 1.29 is 14.7 Å². The van der Waals surface area contributed by atoms with Gasteiger partial charge in [-0.15, -0.1) is 0 Å². The molecule has 2 aromatic rings. The fourth-order valence-electron chi connectivity index (χ4n) is 2.71. The number of aromatic nitrogens is 3. The van der Waals surface area contributed by atoms with E-state index in [1.165, 1.54) is 18.5 Å². The van der Waals surface area contributed by atoms with Crippen LogP contribution >= 0.6 is 0 Å². The third-order valence-corrected chi connectivity index (χ3v) is 3.92. The Morgan fingerprint density at radius 3 is 2.55 bits per heavy atom. The van der Waals surface area contributed by atoms with Crippen molar-refractivity contribution in [2.24, 2.45) is 0 Å². The van der Waals surface area contributed by atoms with Crippen molar-refractivity contribution in [3.8, 4) is 0 Å². The van der Waals surface area contributed by atoms with Crippen LogP contribution in [0.1, 0.15) is 39.6 Å². The Kier molecular flexibility index (Phi) is 3.86. The first-order chi connectivity index (χ1) is 10.6. The number of rotatable bonds is 3. The monoisotopic (exact) mass is 300 g/mol. The number of aromatic carboxylic acids is 1. The maximum absolute atomic E-state index is 12.5. The summed E-state index contributed by atoms with van der Waals surface area (Å²) in [5, 5.41) is 13.1. The van der Waals surface area contributed by atoms with Crippen molar-refractivity contribution in [3.05, 3.63) is 48.0 Å². The van der Waals surface area contributed by atoms with E-state index >= 15 is 0 Å². The highest BCUT2D eigenvalue weighted by atomic mass is 16.4. The molecular formula is C15H16N4O3. The van der Waals surface area contributed by atoms with Crippen molar-refractivity contribution in [1.82, 2.24) is 19.7 Å². The molecule has 2 heterocycles. The number of carbonyl (C=O) groups is 2. The van der Waals surface area contributed by atoms with Crippen LogP contribution in [0.5, 0.6) is 0 Å². The minimum atomic E-state index is -1.03. The van der Waals surface area contributed by atoms with Gasteiger partial charge in [-0.25, -0.2) is 14.5 Å². The molecule has 0 spiro atoms. The van der Waals surface area contributed by atoms with E-state index in [1.807, 2.05) is 4.68 Å². The summed E-state index contributed by atoms with van der Waals surface area (Å²) in [5.41, 5.74) is 0.544. The second kappa shape index (κ2) is 5.97. The molecule has 1 amide bonds. The molecule has 7 nitrogen and oxygen atoms in total. The Labute approximate surface area is 127 Å². The summed E-state index contributed by atoms with van der Waals surface area (Å²) in [7, 11) is 0. The van der Waals surface area contributed by atoms with Gasteiger partial charge in [0.2, 0.25) is 0 Å². The van der Waals surface area contributed by atoms with Gasteiger partial charge in [-0.1, -0.05) is 6.07 Å². The van der Waals surface area contributed by atoms with E-state index in [9.17, 15) is 9.59 Å². The van der Waals surface area contributed by atoms with Gasteiger partial charge in [0.15, 0.2) is 0 Å². The number of hydrogen-bond donors (Lipinski definition) is 1. The molecule has 1 saturated heterocycles. The lowest BCUT2D eigenvalue weighted by atomic mass is 10.0. The summed E-state index contributed by atoms with van der Waals surface area (Å²) >= 11 is 0. The molecule has 0 radical (unpaired) electrons. The zero-order valence-electron chi connectivity index (χ0n) is 11.9. The summed E-state index contributed by atoms with van der Waals surface area (Å²) in [4.78, 5) is 29.2. The van der Waals surface area contributed by atoms with Crippen molar-refractivity contribution in [2.45, 2.75) is 18.9 Å². The highest BCUT2D eigenvalue weighted by Gasteiger charge is 2.25. The molecule has 0 saturated carbocycles. The van der Waals surface area contributed by atoms with Gasteiger partial charge in [0.25, 0.3) is 5.91 Å². The summed E-state index contributed by atoms with van der Waals surface area (Å²) in [6.45, 7) is 1.25. The van der Waals surface area contributed by atoms with Gasteiger partial charge in [-0.3, -0.25) is 4.79 Å². The quantitative estimate of drug-likeness (QED) is 0.927. The van der Waals surface area contributed by atoms with Crippen molar-refractivity contribution in [1.29, 1.82) is 0 Å². The maximum Gasteiger partial charge on any atom is 0.335 e. The number of amides is 1. The maximum atomic E-state index is 12.5. The molecule has 0 aliphatic carbocycles. The number of nitrogens with zero attached hydrogens (tertiary/aromatic N) is 4. The highest BCUT2D eigenvalue weighted by molar-refractivity contribution is 5.97. The third-order valence-electron chi connectivity index (χ3n) is 3.92. The number of carbonyl (C=O) groups excluding carboxylic acids is 1. The largest absolute Gasteiger partial charge is 0.478 e. The number of hydrogen-bond acceptors (Lipinski definition) is 4. The number of likely N-dealkylation sites (tertiary alicyclic amines) is 1. The fourth-order valence-corrected chi connectivity index (χ4v) is 2.71. The molecule has 1 N–H and O–H groups in total. The molecule has 7 heteroatoms. The molecule has 0 bridgehead atoms. The molecule has 1 aliphatic rings. The summed E-state index contributed by atoms with van der Waals surface area (Å²) < 4.78 is 1.83. The minimum absolute atomic E-state index is 0.125. The van der Waals surface area contributed by atoms with E-state index in [-0.39, 0.29) is 17.5 Å². The first kappa shape index (κ1) is 14.2. The first-order valence-corrected chi connectivity index (χ1v) is 7.12. The van der Waals surface area contributed by atoms with Gasteiger partial charge in [0.05, 0.1) is 11.6 Å². The van der Waals surface area contributed by atoms with Crippen LogP contribution < -0.4 is 0 Å². The molecule has 3 rings (SSSR count). The zero-order valence-corrected chi connectivity index (χ0v) is 11.9. The predicted octanol–water partition coefficient (Wildman–Crippen LogP) is 1.45. The summed E-state index contributed by atoms with van der Waals surface area (Å²) in [6.07, 6.45) is 4.83. The van der Waals surface area contributed by atoms with Gasteiger partial charge >= 0.3 is 5.97 Å². The average molecular weight is 300 g/mol. The molecule has 1 aromatic carbocycles. The van der Waals surface area contributed by atoms with E-state index in [0.717, 1.165) is 12.8 Å². The molecular weight excluding hydrogens is 284 g/mol. The van der Waals surface area contributed by atoms with Gasteiger partial charge in [-0.2, -0.15) is 5.10 Å². The van der Waals surface area contributed by atoms with Crippen molar-refractivity contribution in [2.75, 3.05) is 13.1 Å². The number of carboxylic acids is 1. The van der Waals surface area contributed by atoms with Crippen LogP contribution in [0.25, 0.3) is 0 Å². The topological polar surface area (TPSA) is 88.3 Å². The van der Waals surface area contributed by atoms with Gasteiger partial charge < -0.3 is 10.0 Å². The van der Waals surface area contributed by atoms with E-state index < -0.39 is 5.97 Å². The second-order valence-electron chi connectivity index (χ2n) is 5.28. The summed E-state index contributed by atoms with van der Waals surface area (Å²) in [5.74, 6) is -1.15. The Hall–Kier alpha value is -2.70. The zero-order chi connectivity index (χ0) is 15.5. The lowest BCUT2D eigenvalue weighted by molar-refractivity contribution is 0.0690. The molecule has 0 atom stereocenters. The fraction of sp³-hybridized carbons (Fsp3) is 0.333. The predicted molar refractivity (Wildman–Crippen MR) is 77.6 cm³/mol. The van der Waals surface area contributed by atoms with E-state index in [0.29, 0.717) is 18.7 Å². The van der Waals surface area contributed by atoms with Crippen LogP contribution in [0.2, 0.25) is 0 Å². The molecule has 114 valence electrons. The smallest absolute Gasteiger partial charge is 0.335 e. The number of benzene rings is 1. The normalized spacial score (nSPS) is 15.7. The minimum Gasteiger partial charge on any atom is -0.478 e. The lowest BCUT2D eigenvalue weighted by Gasteiger charge is -2.32. The molecule has 1 aromatic heterocycles. The Morgan fingerprint density at radius 1 is 1.18 bits per heavy atom. The molecule has 22 heavy (non-hydrogen) atoms. The SMILES string of the molecule is O=C(O)c1cccc(C(=O)N2CCC(n3cncn3)CC2)c1. The van der Waals surface area contributed by atoms with Gasteiger partial charge in [-0.05, 0) is 31.0 Å². The Balaban J connectivity index is 1.67. The van der Waals surface area contributed by atoms with Crippen LogP contribution in [0.15, 0.2) is 36.9 Å². The van der Waals surface area contributed by atoms with Crippen LogP contribution in [-0.2, 0) is 0 Å². The molecule has 1 fully saturated rings. The molecule has 0 unspecified atom stereocenters. The standard InChI is InChI=1S/C15H16N4O3/c20-14(11-2-1-3-12(8-11)15(21)22)18-6-4-13(5-7-18)19-10-16-9-17-19/h1-3,8-10,13H,4-7H2,(H,21,22). The number of piperidine rings is 1. The van der Waals surface area contributed by atoms with E-state index in [1.54, 1.807) is 23.4 Å². The van der Waals surface area contributed by atoms with Crippen LogP contribution in [0, 0.1) is 0 Å². The Bertz CT molecular complexity index is 676. The van der Waals surface area contributed by atoms with E-state index in [4.69, 9.17) is 5.11 Å². The van der Waals surface area contributed by atoms with Crippen LogP contribution in [0.4, 0.5) is 0 Å². The lowest BCUT2D eigenvalue weighted by Crippen LogP contribution is -2.39. The van der Waals surface area contributed by atoms with Crippen molar-refractivity contribution in [3.63, 3.8) is 0 Å². The van der Waals surface area contributed by atoms with Crippen LogP contribution in [0.3, 0.4) is 0 Å².